The highest BCUT2D eigenvalue weighted by Crippen LogP contribution is 2.20. The Morgan fingerprint density at radius 2 is 2.04 bits per heavy atom. The molecule has 0 aliphatic carbocycles. The molecule has 1 fully saturated rings. The predicted molar refractivity (Wildman–Crippen MR) is 92.7 cm³/mol. The van der Waals surface area contributed by atoms with Crippen LogP contribution in [0.3, 0.4) is 0 Å². The lowest BCUT2D eigenvalue weighted by atomic mass is 10.1. The van der Waals surface area contributed by atoms with Gasteiger partial charge in [0, 0.05) is 19.6 Å². The summed E-state index contributed by atoms with van der Waals surface area (Å²) in [4.78, 5) is 11.0. The molecule has 1 aromatic carbocycles. The number of aromatic nitrogens is 2. The molecule has 1 saturated heterocycles. The molecule has 1 aliphatic rings. The average molecular weight is 313 g/mol. The number of nitrogens with zero attached hydrogens (tertiary/aromatic N) is 3. The lowest BCUT2D eigenvalue weighted by Gasteiger charge is -2.27. The fraction of sp³-hybridized carbons (Fsp3) is 0.412. The second kappa shape index (κ2) is 6.83. The summed E-state index contributed by atoms with van der Waals surface area (Å²) in [6.45, 7) is 7.92. The minimum Gasteiger partial charge on any atom is -0.394 e. The van der Waals surface area contributed by atoms with Crippen LogP contribution in [0.4, 0.5) is 17.5 Å². The highest BCUT2D eigenvalue weighted by Gasteiger charge is 2.15. The molecule has 0 radical (unpaired) electrons. The van der Waals surface area contributed by atoms with Crippen molar-refractivity contribution in [2.45, 2.75) is 20.4 Å². The van der Waals surface area contributed by atoms with Crippen LogP contribution in [0.15, 0.2) is 24.4 Å². The van der Waals surface area contributed by atoms with Gasteiger partial charge < -0.3 is 20.7 Å². The van der Waals surface area contributed by atoms with Gasteiger partial charge in [0.1, 0.15) is 0 Å². The molecule has 1 aromatic heterocycles. The number of nitrogens with one attached hydrogen (secondary N) is 1. The molecule has 2 heterocycles. The van der Waals surface area contributed by atoms with Gasteiger partial charge in [0.25, 0.3) is 0 Å². The summed E-state index contributed by atoms with van der Waals surface area (Å²) in [5.41, 5.74) is 10.3. The SMILES string of the molecule is Cc1ccc(C)c(CNc2nc(N3CCOCC3)ncc2N)c1. The van der Waals surface area contributed by atoms with E-state index in [0.717, 1.165) is 13.1 Å². The number of benzene rings is 1. The van der Waals surface area contributed by atoms with Gasteiger partial charge in [-0.25, -0.2) is 4.98 Å². The number of morpholine rings is 1. The topological polar surface area (TPSA) is 76.3 Å². The van der Waals surface area contributed by atoms with Crippen LogP contribution in [0.1, 0.15) is 16.7 Å². The van der Waals surface area contributed by atoms with Crippen LogP contribution in [0.25, 0.3) is 0 Å². The number of anilines is 3. The number of hydrogen-bond donors (Lipinski definition) is 2. The number of nitrogens with two attached hydrogens (primary N) is 1. The van der Waals surface area contributed by atoms with Crippen molar-refractivity contribution >= 4 is 17.5 Å². The Morgan fingerprint density at radius 1 is 1.26 bits per heavy atom. The monoisotopic (exact) mass is 313 g/mol. The van der Waals surface area contributed by atoms with E-state index in [2.05, 4.69) is 52.2 Å². The summed E-state index contributed by atoms with van der Waals surface area (Å²) >= 11 is 0. The zero-order chi connectivity index (χ0) is 16.2. The smallest absolute Gasteiger partial charge is 0.227 e. The Labute approximate surface area is 136 Å². The third-order valence-electron chi connectivity index (χ3n) is 4.05. The Morgan fingerprint density at radius 3 is 2.83 bits per heavy atom. The number of aryl methyl sites for hydroxylation is 2. The fourth-order valence-electron chi connectivity index (χ4n) is 2.61. The fourth-order valence-corrected chi connectivity index (χ4v) is 2.61. The normalized spacial score (nSPS) is 14.8. The van der Waals surface area contributed by atoms with E-state index < -0.39 is 0 Å². The standard InChI is InChI=1S/C17H23N5O/c1-12-3-4-13(2)14(9-12)10-19-16-15(18)11-20-17(21-16)22-5-7-23-8-6-22/h3-4,9,11H,5-8,10,18H2,1-2H3,(H,19,20,21). The molecule has 0 unspecified atom stereocenters. The minimum atomic E-state index is 0.562. The summed E-state index contributed by atoms with van der Waals surface area (Å²) in [5, 5.41) is 3.34. The van der Waals surface area contributed by atoms with Crippen LogP contribution in [-0.4, -0.2) is 36.3 Å². The molecule has 6 heteroatoms. The number of nitrogen functional groups attached to an aromatic ring is 1. The minimum absolute atomic E-state index is 0.562. The molecule has 0 atom stereocenters. The molecule has 0 saturated carbocycles. The quantitative estimate of drug-likeness (QED) is 0.900. The van der Waals surface area contributed by atoms with Crippen molar-refractivity contribution in [3.63, 3.8) is 0 Å². The largest absolute Gasteiger partial charge is 0.394 e. The third kappa shape index (κ3) is 3.71. The van der Waals surface area contributed by atoms with E-state index in [1.807, 2.05) is 0 Å². The maximum atomic E-state index is 6.02. The number of hydrogen-bond acceptors (Lipinski definition) is 6. The lowest BCUT2D eigenvalue weighted by molar-refractivity contribution is 0.122. The second-order valence-corrected chi connectivity index (χ2v) is 5.86. The van der Waals surface area contributed by atoms with E-state index in [-0.39, 0.29) is 0 Å². The second-order valence-electron chi connectivity index (χ2n) is 5.86. The Balaban J connectivity index is 1.75. The molecule has 0 spiro atoms. The van der Waals surface area contributed by atoms with Crippen molar-refractivity contribution < 1.29 is 4.74 Å². The predicted octanol–water partition coefficient (Wildman–Crippen LogP) is 2.12. The van der Waals surface area contributed by atoms with Crippen molar-refractivity contribution in [3.05, 3.63) is 41.1 Å². The lowest BCUT2D eigenvalue weighted by Crippen LogP contribution is -2.37. The molecule has 1 aliphatic heterocycles. The van der Waals surface area contributed by atoms with Crippen molar-refractivity contribution in [1.82, 2.24) is 9.97 Å². The number of rotatable bonds is 4. The summed E-state index contributed by atoms with van der Waals surface area (Å²) < 4.78 is 5.37. The number of ether oxygens (including phenoxy) is 1. The molecule has 0 amide bonds. The van der Waals surface area contributed by atoms with Crippen molar-refractivity contribution in [3.8, 4) is 0 Å². The summed E-state index contributed by atoms with van der Waals surface area (Å²) in [6, 6.07) is 6.44. The summed E-state index contributed by atoms with van der Waals surface area (Å²) in [6.07, 6.45) is 1.67. The molecule has 23 heavy (non-hydrogen) atoms. The zero-order valence-corrected chi connectivity index (χ0v) is 13.7. The first-order chi connectivity index (χ1) is 11.1. The third-order valence-corrected chi connectivity index (χ3v) is 4.05. The molecule has 0 bridgehead atoms. The first-order valence-corrected chi connectivity index (χ1v) is 7.88. The van der Waals surface area contributed by atoms with Gasteiger partial charge in [0.2, 0.25) is 5.95 Å². The van der Waals surface area contributed by atoms with Crippen LogP contribution >= 0.6 is 0 Å². The Hall–Kier alpha value is -2.34. The van der Waals surface area contributed by atoms with E-state index in [1.54, 1.807) is 6.20 Å². The van der Waals surface area contributed by atoms with E-state index in [4.69, 9.17) is 10.5 Å². The highest BCUT2D eigenvalue weighted by atomic mass is 16.5. The van der Waals surface area contributed by atoms with Gasteiger partial charge in [-0.2, -0.15) is 4.98 Å². The van der Waals surface area contributed by atoms with Crippen molar-refractivity contribution in [1.29, 1.82) is 0 Å². The van der Waals surface area contributed by atoms with Gasteiger partial charge in [0.05, 0.1) is 25.1 Å². The molecule has 6 nitrogen and oxygen atoms in total. The van der Waals surface area contributed by atoms with E-state index in [0.29, 0.717) is 37.2 Å². The first-order valence-electron chi connectivity index (χ1n) is 7.88. The molecular formula is C17H23N5O. The average Bonchev–Trinajstić information content (AvgIpc) is 2.58. The first kappa shape index (κ1) is 15.6. The van der Waals surface area contributed by atoms with Crippen LogP contribution in [0, 0.1) is 13.8 Å². The van der Waals surface area contributed by atoms with Crippen LogP contribution in [-0.2, 0) is 11.3 Å². The summed E-state index contributed by atoms with van der Waals surface area (Å²) in [5.74, 6) is 1.38. The maximum Gasteiger partial charge on any atom is 0.227 e. The van der Waals surface area contributed by atoms with Gasteiger partial charge in [-0.15, -0.1) is 0 Å². The van der Waals surface area contributed by atoms with Crippen LogP contribution in [0.5, 0.6) is 0 Å². The van der Waals surface area contributed by atoms with E-state index in [1.165, 1.54) is 16.7 Å². The van der Waals surface area contributed by atoms with Gasteiger partial charge in [-0.05, 0) is 25.0 Å². The Kier molecular flexibility index (Phi) is 4.62. The molecule has 3 rings (SSSR count). The van der Waals surface area contributed by atoms with Gasteiger partial charge >= 0.3 is 0 Å². The maximum absolute atomic E-state index is 6.02. The van der Waals surface area contributed by atoms with Gasteiger partial charge in [-0.1, -0.05) is 23.8 Å². The van der Waals surface area contributed by atoms with Gasteiger partial charge in [0.15, 0.2) is 5.82 Å². The highest BCUT2D eigenvalue weighted by molar-refractivity contribution is 5.62. The molecular weight excluding hydrogens is 290 g/mol. The summed E-state index contributed by atoms with van der Waals surface area (Å²) in [7, 11) is 0. The molecule has 3 N–H and O–H groups in total. The molecule has 122 valence electrons. The van der Waals surface area contributed by atoms with Crippen molar-refractivity contribution in [2.75, 3.05) is 42.3 Å². The zero-order valence-electron chi connectivity index (χ0n) is 13.7. The van der Waals surface area contributed by atoms with E-state index in [9.17, 15) is 0 Å². The van der Waals surface area contributed by atoms with Crippen LogP contribution < -0.4 is 16.0 Å². The van der Waals surface area contributed by atoms with E-state index >= 15 is 0 Å². The van der Waals surface area contributed by atoms with Crippen LogP contribution in [0.2, 0.25) is 0 Å². The van der Waals surface area contributed by atoms with Gasteiger partial charge in [-0.3, -0.25) is 0 Å². The van der Waals surface area contributed by atoms with Crippen molar-refractivity contribution in [2.24, 2.45) is 0 Å². The molecule has 2 aromatic rings. The Bertz CT molecular complexity index is 683.